The molecule has 0 aliphatic heterocycles. The van der Waals surface area contributed by atoms with E-state index in [9.17, 15) is 10.1 Å². The molecule has 1 fully saturated rings. The molecule has 0 N–H and O–H groups in total. The van der Waals surface area contributed by atoms with Gasteiger partial charge in [-0.25, -0.2) is 4.99 Å². The van der Waals surface area contributed by atoms with Gasteiger partial charge in [0.2, 0.25) is 0 Å². The fourth-order valence-corrected chi connectivity index (χ4v) is 4.92. The highest BCUT2D eigenvalue weighted by atomic mass is 32.2. The molecule has 0 aromatic heterocycles. The van der Waals surface area contributed by atoms with Crippen LogP contribution >= 0.6 is 11.8 Å². The summed E-state index contributed by atoms with van der Waals surface area (Å²) >= 11 is 1.87. The van der Waals surface area contributed by atoms with Gasteiger partial charge in [0.1, 0.15) is 0 Å². The van der Waals surface area contributed by atoms with Crippen LogP contribution < -0.4 is 0 Å². The Kier molecular flexibility index (Phi) is 7.31. The third-order valence-corrected chi connectivity index (χ3v) is 6.38. The predicted octanol–water partition coefficient (Wildman–Crippen LogP) is 5.13. The molecule has 5 nitrogen and oxygen atoms in total. The van der Waals surface area contributed by atoms with E-state index in [0.29, 0.717) is 12.1 Å². The van der Waals surface area contributed by atoms with Crippen molar-refractivity contribution in [3.8, 4) is 0 Å². The van der Waals surface area contributed by atoms with E-state index in [2.05, 4.69) is 18.1 Å². The Morgan fingerprint density at radius 1 is 1.32 bits per heavy atom. The zero-order valence-electron chi connectivity index (χ0n) is 16.7. The molecule has 0 heterocycles. The summed E-state index contributed by atoms with van der Waals surface area (Å²) in [6, 6.07) is 1.01. The second-order valence-corrected chi connectivity index (χ2v) is 8.35. The molecule has 3 aliphatic rings. The number of nitro groups is 1. The van der Waals surface area contributed by atoms with E-state index in [1.165, 1.54) is 25.7 Å². The first kappa shape index (κ1) is 20.6. The molecule has 0 spiro atoms. The molecule has 0 aromatic carbocycles. The number of thioether (sulfide) groups is 1. The van der Waals surface area contributed by atoms with Crippen LogP contribution in [-0.2, 0) is 0 Å². The van der Waals surface area contributed by atoms with Crippen molar-refractivity contribution >= 4 is 18.1 Å². The van der Waals surface area contributed by atoms with Crippen LogP contribution in [0.1, 0.15) is 39.0 Å². The first-order valence-electron chi connectivity index (χ1n) is 10.1. The third-order valence-electron chi connectivity index (χ3n) is 5.66. The Labute approximate surface area is 171 Å². The standard InChI is InChI=1S/C22H29N3O2S/c1-3-18(15-28-2)24(19-9-5-6-10-19)16-23-22-13-12-20(25(26)27)14-17-8-4-7-11-21(17)22/h4,7-8,11-14,16-19H,3,5-6,9-10,15H2,1-2H3. The Morgan fingerprint density at radius 2 is 2.11 bits per heavy atom. The average molecular weight is 400 g/mol. The van der Waals surface area contributed by atoms with Crippen LogP contribution in [0.5, 0.6) is 0 Å². The quantitative estimate of drug-likeness (QED) is 0.246. The number of aliphatic imine (C=N–C) groups is 1. The Morgan fingerprint density at radius 3 is 2.79 bits per heavy atom. The average Bonchev–Trinajstić information content (AvgIpc) is 3.16. The van der Waals surface area contributed by atoms with Gasteiger partial charge in [0, 0.05) is 35.9 Å². The molecule has 6 heteroatoms. The maximum atomic E-state index is 11.3. The first-order chi connectivity index (χ1) is 13.6. The minimum absolute atomic E-state index is 0.111. The molecular formula is C22H29N3O2S. The molecule has 0 amide bonds. The highest BCUT2D eigenvalue weighted by molar-refractivity contribution is 7.98. The van der Waals surface area contributed by atoms with Gasteiger partial charge in [-0.15, -0.1) is 0 Å². The molecule has 2 atom stereocenters. The zero-order chi connectivity index (χ0) is 19.9. The van der Waals surface area contributed by atoms with Gasteiger partial charge in [-0.2, -0.15) is 11.8 Å². The fourth-order valence-electron chi connectivity index (χ4n) is 4.12. The van der Waals surface area contributed by atoms with Gasteiger partial charge in [-0.05, 0) is 37.2 Å². The van der Waals surface area contributed by atoms with Gasteiger partial charge in [0.15, 0.2) is 0 Å². The molecule has 0 aromatic rings. The summed E-state index contributed by atoms with van der Waals surface area (Å²) in [4.78, 5) is 18.3. The van der Waals surface area contributed by atoms with Crippen LogP contribution in [0.4, 0.5) is 0 Å². The summed E-state index contributed by atoms with van der Waals surface area (Å²) in [6.45, 7) is 2.24. The lowest BCUT2D eigenvalue weighted by Gasteiger charge is -2.34. The number of fused-ring (bicyclic) bond motifs is 1. The van der Waals surface area contributed by atoms with Crippen molar-refractivity contribution in [2.24, 2.45) is 10.9 Å². The zero-order valence-corrected chi connectivity index (χ0v) is 17.5. The van der Waals surface area contributed by atoms with E-state index < -0.39 is 0 Å². The smallest absolute Gasteiger partial charge is 0.266 e. The van der Waals surface area contributed by atoms with Gasteiger partial charge < -0.3 is 4.90 Å². The number of rotatable bonds is 8. The molecule has 0 saturated heterocycles. The second kappa shape index (κ2) is 9.92. The lowest BCUT2D eigenvalue weighted by atomic mass is 9.93. The summed E-state index contributed by atoms with van der Waals surface area (Å²) in [6.07, 6.45) is 23.2. The summed E-state index contributed by atoms with van der Waals surface area (Å²) in [5.74, 6) is 0.972. The highest BCUT2D eigenvalue weighted by Crippen LogP contribution is 2.30. The van der Waals surface area contributed by atoms with Crippen LogP contribution in [0.15, 0.2) is 64.5 Å². The van der Waals surface area contributed by atoms with E-state index in [1.54, 1.807) is 18.2 Å². The van der Waals surface area contributed by atoms with Crippen LogP contribution in [0.25, 0.3) is 0 Å². The number of allylic oxidation sites excluding steroid dienone is 8. The Hall–Kier alpha value is -2.08. The van der Waals surface area contributed by atoms with Crippen molar-refractivity contribution in [3.05, 3.63) is 69.6 Å². The van der Waals surface area contributed by atoms with E-state index in [0.717, 1.165) is 23.4 Å². The van der Waals surface area contributed by atoms with Crippen LogP contribution in [0, 0.1) is 16.0 Å². The van der Waals surface area contributed by atoms with Crippen molar-refractivity contribution in [3.63, 3.8) is 0 Å². The van der Waals surface area contributed by atoms with Crippen LogP contribution in [0.2, 0.25) is 0 Å². The summed E-state index contributed by atoms with van der Waals surface area (Å²) in [7, 11) is 0. The fraction of sp³-hybridized carbons (Fsp3) is 0.500. The summed E-state index contributed by atoms with van der Waals surface area (Å²) in [5, 5.41) is 11.3. The topological polar surface area (TPSA) is 58.7 Å². The van der Waals surface area contributed by atoms with Gasteiger partial charge >= 0.3 is 0 Å². The van der Waals surface area contributed by atoms with Gasteiger partial charge in [0.25, 0.3) is 5.70 Å². The maximum absolute atomic E-state index is 11.3. The van der Waals surface area contributed by atoms with Gasteiger partial charge in [-0.1, -0.05) is 44.1 Å². The number of hydrogen-bond acceptors (Lipinski definition) is 4. The largest absolute Gasteiger partial charge is 0.356 e. The van der Waals surface area contributed by atoms with Crippen molar-refractivity contribution in [2.75, 3.05) is 12.0 Å². The van der Waals surface area contributed by atoms with Crippen molar-refractivity contribution in [1.82, 2.24) is 4.90 Å². The minimum atomic E-state index is -0.330. The molecule has 0 bridgehead atoms. The molecule has 2 unspecified atom stereocenters. The van der Waals surface area contributed by atoms with Crippen LogP contribution in [-0.4, -0.2) is 40.3 Å². The Bertz CT molecular complexity index is 758. The van der Waals surface area contributed by atoms with Crippen molar-refractivity contribution in [1.29, 1.82) is 0 Å². The maximum Gasteiger partial charge on any atom is 0.266 e. The number of hydrogen-bond donors (Lipinski definition) is 0. The van der Waals surface area contributed by atoms with Crippen LogP contribution in [0.3, 0.4) is 0 Å². The predicted molar refractivity (Wildman–Crippen MR) is 118 cm³/mol. The van der Waals surface area contributed by atoms with E-state index >= 15 is 0 Å². The summed E-state index contributed by atoms with van der Waals surface area (Å²) in [5.41, 5.74) is 1.94. The van der Waals surface area contributed by atoms with Gasteiger partial charge in [0.05, 0.1) is 17.0 Å². The minimum Gasteiger partial charge on any atom is -0.356 e. The molecular weight excluding hydrogens is 370 g/mol. The van der Waals surface area contributed by atoms with E-state index in [-0.39, 0.29) is 16.5 Å². The lowest BCUT2D eigenvalue weighted by Crippen LogP contribution is -2.42. The monoisotopic (exact) mass is 399 g/mol. The molecule has 1 saturated carbocycles. The third kappa shape index (κ3) is 4.85. The summed E-state index contributed by atoms with van der Waals surface area (Å²) < 4.78 is 0. The SMILES string of the molecule is CCC(CSC)N(C=NC1=C2C=CC=CC2C=C([N+](=O)[O-])C=C1)C1CCCC1. The van der Waals surface area contributed by atoms with E-state index in [1.807, 2.05) is 42.4 Å². The van der Waals surface area contributed by atoms with E-state index in [4.69, 9.17) is 4.99 Å². The van der Waals surface area contributed by atoms with Crippen molar-refractivity contribution < 1.29 is 4.92 Å². The second-order valence-electron chi connectivity index (χ2n) is 7.44. The Balaban J connectivity index is 1.91. The molecule has 0 radical (unpaired) electrons. The normalized spacial score (nSPS) is 23.1. The number of nitrogens with zero attached hydrogens (tertiary/aromatic N) is 3. The molecule has 28 heavy (non-hydrogen) atoms. The highest BCUT2D eigenvalue weighted by Gasteiger charge is 2.26. The lowest BCUT2D eigenvalue weighted by molar-refractivity contribution is -0.419. The molecule has 3 aliphatic carbocycles. The molecule has 3 rings (SSSR count). The molecule has 150 valence electrons. The first-order valence-corrected chi connectivity index (χ1v) is 11.5. The van der Waals surface area contributed by atoms with Gasteiger partial charge in [-0.3, -0.25) is 10.1 Å². The van der Waals surface area contributed by atoms with Crippen molar-refractivity contribution in [2.45, 2.75) is 51.1 Å².